The molecule has 0 bridgehead atoms. The Hall–Kier alpha value is -3.90. The van der Waals surface area contributed by atoms with Crippen LogP contribution in [0.25, 0.3) is 5.65 Å². The van der Waals surface area contributed by atoms with Gasteiger partial charge in [0.15, 0.2) is 23.2 Å². The van der Waals surface area contributed by atoms with E-state index in [1.165, 1.54) is 34.8 Å². The Morgan fingerprint density at radius 1 is 1.16 bits per heavy atom. The number of nitrogens with one attached hydrogen (secondary N) is 1. The summed E-state index contributed by atoms with van der Waals surface area (Å²) in [4.78, 5) is 45.8. The number of esters is 1. The van der Waals surface area contributed by atoms with Crippen LogP contribution < -0.4 is 10.2 Å². The van der Waals surface area contributed by atoms with Crippen molar-refractivity contribution >= 4 is 29.1 Å². The number of hydrogen-bond acceptors (Lipinski definition) is 9. The third-order valence-electron chi connectivity index (χ3n) is 7.68. The van der Waals surface area contributed by atoms with Gasteiger partial charge in [0.1, 0.15) is 11.6 Å². The van der Waals surface area contributed by atoms with Gasteiger partial charge in [-0.3, -0.25) is 9.59 Å². The second kappa shape index (κ2) is 13.4. The van der Waals surface area contributed by atoms with E-state index in [1.807, 2.05) is 27.7 Å². The number of carbonyl (C=O) groups is 3. The molecule has 4 rings (SSSR count). The fraction of sp³-hybridized carbons (Fsp3) is 0.531. The smallest absolute Gasteiger partial charge is 0.340 e. The summed E-state index contributed by atoms with van der Waals surface area (Å²) in [6, 6.07) is 7.16. The van der Waals surface area contributed by atoms with Crippen molar-refractivity contribution in [1.29, 1.82) is 0 Å². The Morgan fingerprint density at radius 2 is 1.82 bits per heavy atom. The molecule has 1 amide bonds. The number of piperidine rings is 1. The molecule has 11 nitrogen and oxygen atoms in total. The van der Waals surface area contributed by atoms with Crippen LogP contribution in [-0.4, -0.2) is 75.8 Å². The molecule has 2 aromatic heterocycles. The topological polar surface area (TPSA) is 135 Å². The van der Waals surface area contributed by atoms with Crippen molar-refractivity contribution in [3.8, 4) is 0 Å². The number of aliphatic hydroxyl groups is 1. The standard InChI is InChI=1S/C32H42FN5O6/c1-7-43-30(42)27(44-31(3,4)5)26-20(2)35-25-17-24(28(41)34-18-23(40)16-21-8-10-22(33)11-9-21)36-38(25)29(26)37-14-12-32(6,19-39)13-15-37/h8-11,17,27,39H,7,12-16,18-19H2,1-6H3,(H,34,41). The zero-order valence-corrected chi connectivity index (χ0v) is 26.3. The number of fused-ring (bicyclic) bond motifs is 1. The van der Waals surface area contributed by atoms with Crippen molar-refractivity contribution in [2.45, 2.75) is 72.5 Å². The minimum Gasteiger partial charge on any atom is -0.464 e. The van der Waals surface area contributed by atoms with Gasteiger partial charge in [0.2, 0.25) is 0 Å². The number of rotatable bonds is 11. The first-order chi connectivity index (χ1) is 20.7. The van der Waals surface area contributed by atoms with Gasteiger partial charge < -0.3 is 24.8 Å². The third-order valence-corrected chi connectivity index (χ3v) is 7.68. The van der Waals surface area contributed by atoms with Gasteiger partial charge in [-0.05, 0) is 70.6 Å². The molecule has 238 valence electrons. The highest BCUT2D eigenvalue weighted by molar-refractivity contribution is 5.96. The number of nitrogens with zero attached hydrogens (tertiary/aromatic N) is 4. The predicted octanol–water partition coefficient (Wildman–Crippen LogP) is 3.74. The SMILES string of the molecule is CCOC(=O)C(OC(C)(C)C)c1c(C)nc2cc(C(=O)NCC(=O)Cc3ccc(F)cc3)nn2c1N1CCC(C)(CO)CC1. The molecule has 1 atom stereocenters. The maximum atomic E-state index is 13.3. The second-order valence-electron chi connectivity index (χ2n) is 12.6. The average molecular weight is 612 g/mol. The molecule has 0 spiro atoms. The van der Waals surface area contributed by atoms with Gasteiger partial charge in [0.25, 0.3) is 5.91 Å². The first kappa shape index (κ1) is 33.0. The van der Waals surface area contributed by atoms with Gasteiger partial charge in [-0.1, -0.05) is 19.1 Å². The molecule has 1 aromatic carbocycles. The summed E-state index contributed by atoms with van der Waals surface area (Å²) >= 11 is 0. The van der Waals surface area contributed by atoms with Crippen LogP contribution in [0.4, 0.5) is 10.2 Å². The summed E-state index contributed by atoms with van der Waals surface area (Å²) in [5, 5.41) is 17.2. The summed E-state index contributed by atoms with van der Waals surface area (Å²) in [5.41, 5.74) is 1.14. The highest BCUT2D eigenvalue weighted by Crippen LogP contribution is 2.39. The Kier molecular flexibility index (Phi) is 10.0. The van der Waals surface area contributed by atoms with E-state index in [0.29, 0.717) is 54.2 Å². The molecule has 12 heteroatoms. The molecular weight excluding hydrogens is 569 g/mol. The lowest BCUT2D eigenvalue weighted by Crippen LogP contribution is -2.42. The number of hydrogen-bond donors (Lipinski definition) is 2. The Bertz CT molecular complexity index is 1510. The average Bonchev–Trinajstić information content (AvgIpc) is 3.39. The number of carbonyl (C=O) groups excluding carboxylic acids is 3. The molecule has 44 heavy (non-hydrogen) atoms. The van der Waals surface area contributed by atoms with E-state index in [-0.39, 0.29) is 43.1 Å². The van der Waals surface area contributed by atoms with Crippen LogP contribution >= 0.6 is 0 Å². The molecule has 1 unspecified atom stereocenters. The zero-order chi connectivity index (χ0) is 32.2. The molecule has 3 aromatic rings. The van der Waals surface area contributed by atoms with Gasteiger partial charge in [0.05, 0.1) is 24.3 Å². The lowest BCUT2D eigenvalue weighted by atomic mass is 9.81. The summed E-state index contributed by atoms with van der Waals surface area (Å²) in [6.45, 7) is 12.2. The lowest BCUT2D eigenvalue weighted by Gasteiger charge is -2.40. The van der Waals surface area contributed by atoms with Crippen LogP contribution in [0.15, 0.2) is 30.3 Å². The lowest BCUT2D eigenvalue weighted by molar-refractivity contribution is -0.166. The van der Waals surface area contributed by atoms with Gasteiger partial charge in [-0.2, -0.15) is 9.61 Å². The van der Waals surface area contributed by atoms with Crippen LogP contribution in [-0.2, 0) is 25.5 Å². The largest absolute Gasteiger partial charge is 0.464 e. The van der Waals surface area contributed by atoms with Crippen molar-refractivity contribution in [1.82, 2.24) is 19.9 Å². The van der Waals surface area contributed by atoms with Crippen LogP contribution in [0.5, 0.6) is 0 Å². The Morgan fingerprint density at radius 3 is 2.41 bits per heavy atom. The molecule has 3 heterocycles. The van der Waals surface area contributed by atoms with E-state index in [9.17, 15) is 23.9 Å². The number of ketones is 1. The number of benzene rings is 1. The number of aliphatic hydroxyl groups excluding tert-OH is 1. The van der Waals surface area contributed by atoms with Gasteiger partial charge >= 0.3 is 5.97 Å². The normalized spacial score (nSPS) is 15.7. The minimum atomic E-state index is -1.11. The molecule has 1 aliphatic rings. The molecule has 0 saturated carbocycles. The maximum absolute atomic E-state index is 13.3. The Balaban J connectivity index is 1.71. The van der Waals surface area contributed by atoms with E-state index < -0.39 is 29.4 Å². The van der Waals surface area contributed by atoms with Crippen molar-refractivity contribution in [3.05, 3.63) is 58.7 Å². The number of anilines is 1. The van der Waals surface area contributed by atoms with Crippen LogP contribution in [0.3, 0.4) is 0 Å². The third kappa shape index (κ3) is 7.78. The molecule has 0 radical (unpaired) electrons. The van der Waals surface area contributed by atoms with Crippen molar-refractivity contribution in [2.24, 2.45) is 5.41 Å². The van der Waals surface area contributed by atoms with Crippen molar-refractivity contribution in [2.75, 3.05) is 37.7 Å². The minimum absolute atomic E-state index is 0.0464. The number of Topliss-reactive ketones (excluding diaryl/α,β-unsaturated/α-hetero) is 1. The number of aromatic nitrogens is 3. The van der Waals surface area contributed by atoms with Gasteiger partial charge in [-0.15, -0.1) is 0 Å². The second-order valence-corrected chi connectivity index (χ2v) is 12.6. The van der Waals surface area contributed by atoms with E-state index in [1.54, 1.807) is 13.8 Å². The summed E-state index contributed by atoms with van der Waals surface area (Å²) in [7, 11) is 0. The van der Waals surface area contributed by atoms with E-state index >= 15 is 0 Å². The van der Waals surface area contributed by atoms with Crippen molar-refractivity contribution in [3.63, 3.8) is 0 Å². The highest BCUT2D eigenvalue weighted by Gasteiger charge is 2.38. The summed E-state index contributed by atoms with van der Waals surface area (Å²) in [6.07, 6.45) is 0.324. The number of aryl methyl sites for hydroxylation is 1. The molecule has 1 aliphatic heterocycles. The number of amides is 1. The molecule has 2 N–H and O–H groups in total. The first-order valence-electron chi connectivity index (χ1n) is 14.9. The van der Waals surface area contributed by atoms with E-state index in [0.717, 1.165) is 0 Å². The molecule has 1 fully saturated rings. The highest BCUT2D eigenvalue weighted by atomic mass is 19.1. The molecular formula is C32H42FN5O6. The zero-order valence-electron chi connectivity index (χ0n) is 26.3. The predicted molar refractivity (Wildman–Crippen MR) is 162 cm³/mol. The molecule has 0 aliphatic carbocycles. The maximum Gasteiger partial charge on any atom is 0.340 e. The van der Waals surface area contributed by atoms with E-state index in [2.05, 4.69) is 15.3 Å². The first-order valence-corrected chi connectivity index (χ1v) is 14.9. The fourth-order valence-electron chi connectivity index (χ4n) is 5.21. The number of halogens is 1. The quantitative estimate of drug-likeness (QED) is 0.311. The van der Waals surface area contributed by atoms with Gasteiger partial charge in [-0.25, -0.2) is 14.2 Å². The monoisotopic (exact) mass is 611 g/mol. The van der Waals surface area contributed by atoms with Crippen LogP contribution in [0.2, 0.25) is 0 Å². The van der Waals surface area contributed by atoms with Crippen LogP contribution in [0.1, 0.15) is 80.9 Å². The van der Waals surface area contributed by atoms with E-state index in [4.69, 9.17) is 14.5 Å². The fourth-order valence-corrected chi connectivity index (χ4v) is 5.21. The van der Waals surface area contributed by atoms with Crippen LogP contribution in [0, 0.1) is 18.2 Å². The molecule has 1 saturated heterocycles. The number of ether oxygens (including phenoxy) is 2. The van der Waals surface area contributed by atoms with Crippen molar-refractivity contribution < 1.29 is 33.4 Å². The van der Waals surface area contributed by atoms with Gasteiger partial charge in [0, 0.05) is 37.9 Å². The Labute approximate surface area is 256 Å². The summed E-state index contributed by atoms with van der Waals surface area (Å²) < 4.78 is 26.4. The summed E-state index contributed by atoms with van der Waals surface area (Å²) in [5.74, 6) is -1.20.